The number of carbonyl (C=O) groups is 1. The number of ether oxygens (including phenoxy) is 1. The molecule has 1 amide bonds. The van der Waals surface area contributed by atoms with E-state index in [1.165, 1.54) is 5.39 Å². The number of benzene rings is 4. The molecular formula is C26H22N2O2. The molecule has 0 spiro atoms. The summed E-state index contributed by atoms with van der Waals surface area (Å²) in [6.45, 7) is 2.37. The summed E-state index contributed by atoms with van der Waals surface area (Å²) in [7, 11) is 0. The highest BCUT2D eigenvalue weighted by atomic mass is 16.5. The van der Waals surface area contributed by atoms with Crippen molar-refractivity contribution in [3.63, 3.8) is 0 Å². The third-order valence-electron chi connectivity index (χ3n) is 4.86. The number of carbonyl (C=O) groups excluding carboxylic acids is 1. The maximum atomic E-state index is 12.4. The third-order valence-corrected chi connectivity index (χ3v) is 4.86. The molecule has 0 heterocycles. The Bertz CT molecular complexity index is 1180. The zero-order valence-corrected chi connectivity index (χ0v) is 16.7. The SMILES string of the molecule is CC(=NNC(=O)c1ccc(OCc2ccccc2)cc1)c1ccc2ccccc2c1. The number of hydrazone groups is 1. The average Bonchev–Trinajstić information content (AvgIpc) is 2.81. The molecule has 4 rings (SSSR count). The van der Waals surface area contributed by atoms with Crippen molar-refractivity contribution in [2.45, 2.75) is 13.5 Å². The maximum absolute atomic E-state index is 12.4. The Kier molecular flexibility index (Phi) is 5.85. The van der Waals surface area contributed by atoms with E-state index in [0.717, 1.165) is 22.2 Å². The van der Waals surface area contributed by atoms with Crippen molar-refractivity contribution >= 4 is 22.4 Å². The zero-order chi connectivity index (χ0) is 20.8. The number of amides is 1. The highest BCUT2D eigenvalue weighted by Crippen LogP contribution is 2.17. The van der Waals surface area contributed by atoms with Crippen LogP contribution in [0.1, 0.15) is 28.4 Å². The summed E-state index contributed by atoms with van der Waals surface area (Å²) in [6.07, 6.45) is 0. The molecule has 0 bridgehead atoms. The van der Waals surface area contributed by atoms with Crippen LogP contribution in [0.3, 0.4) is 0 Å². The van der Waals surface area contributed by atoms with Gasteiger partial charge in [0.15, 0.2) is 0 Å². The van der Waals surface area contributed by atoms with Crippen molar-refractivity contribution in [3.8, 4) is 5.75 Å². The molecule has 4 heteroatoms. The van der Waals surface area contributed by atoms with Crippen LogP contribution in [0.4, 0.5) is 0 Å². The van der Waals surface area contributed by atoms with E-state index in [1.54, 1.807) is 24.3 Å². The van der Waals surface area contributed by atoms with Crippen LogP contribution in [0.5, 0.6) is 5.75 Å². The lowest BCUT2D eigenvalue weighted by Gasteiger charge is -2.07. The highest BCUT2D eigenvalue weighted by Gasteiger charge is 2.06. The first-order valence-corrected chi connectivity index (χ1v) is 9.80. The predicted octanol–water partition coefficient (Wildman–Crippen LogP) is 5.57. The molecule has 0 unspecified atom stereocenters. The topological polar surface area (TPSA) is 50.7 Å². The number of fused-ring (bicyclic) bond motifs is 1. The largest absolute Gasteiger partial charge is 0.489 e. The molecule has 0 aromatic heterocycles. The second-order valence-corrected chi connectivity index (χ2v) is 7.00. The summed E-state index contributed by atoms with van der Waals surface area (Å²) in [6, 6.07) is 31.3. The molecule has 0 aliphatic heterocycles. The van der Waals surface area contributed by atoms with Gasteiger partial charge in [-0.2, -0.15) is 5.10 Å². The normalized spacial score (nSPS) is 11.3. The van der Waals surface area contributed by atoms with Gasteiger partial charge in [-0.05, 0) is 59.2 Å². The van der Waals surface area contributed by atoms with Crippen LogP contribution < -0.4 is 10.2 Å². The molecule has 0 saturated heterocycles. The quantitative estimate of drug-likeness (QED) is 0.343. The van der Waals surface area contributed by atoms with Crippen LogP contribution in [0.15, 0.2) is 102 Å². The lowest BCUT2D eigenvalue weighted by atomic mass is 10.0. The summed E-state index contributed by atoms with van der Waals surface area (Å²) in [4.78, 5) is 12.4. The molecule has 148 valence electrons. The van der Waals surface area contributed by atoms with Gasteiger partial charge < -0.3 is 4.74 Å². The maximum Gasteiger partial charge on any atom is 0.271 e. The van der Waals surface area contributed by atoms with Gasteiger partial charge >= 0.3 is 0 Å². The Hall–Kier alpha value is -3.92. The molecule has 0 atom stereocenters. The Morgan fingerprint density at radius 1 is 0.800 bits per heavy atom. The highest BCUT2D eigenvalue weighted by molar-refractivity contribution is 6.03. The van der Waals surface area contributed by atoms with Crippen molar-refractivity contribution in [2.24, 2.45) is 5.10 Å². The molecule has 0 radical (unpaired) electrons. The Morgan fingerprint density at radius 3 is 2.23 bits per heavy atom. The number of nitrogens with one attached hydrogen (secondary N) is 1. The van der Waals surface area contributed by atoms with Gasteiger partial charge in [0.1, 0.15) is 12.4 Å². The molecule has 1 N–H and O–H groups in total. The van der Waals surface area contributed by atoms with Crippen LogP contribution in [0, 0.1) is 0 Å². The zero-order valence-electron chi connectivity index (χ0n) is 16.7. The fourth-order valence-electron chi connectivity index (χ4n) is 3.12. The number of nitrogens with zero attached hydrogens (tertiary/aromatic N) is 1. The van der Waals surface area contributed by atoms with E-state index in [4.69, 9.17) is 4.74 Å². The van der Waals surface area contributed by atoms with Gasteiger partial charge in [0.2, 0.25) is 0 Å². The summed E-state index contributed by atoms with van der Waals surface area (Å²) in [5, 5.41) is 6.58. The molecule has 0 saturated carbocycles. The van der Waals surface area contributed by atoms with E-state index in [2.05, 4.69) is 34.8 Å². The first kappa shape index (κ1) is 19.4. The van der Waals surface area contributed by atoms with Crippen molar-refractivity contribution in [2.75, 3.05) is 0 Å². The number of hydrogen-bond donors (Lipinski definition) is 1. The van der Waals surface area contributed by atoms with Crippen LogP contribution in [-0.2, 0) is 6.61 Å². The Morgan fingerprint density at radius 2 is 1.47 bits per heavy atom. The van der Waals surface area contributed by atoms with E-state index in [1.807, 2.05) is 55.5 Å². The molecular weight excluding hydrogens is 372 g/mol. The van der Waals surface area contributed by atoms with E-state index in [0.29, 0.717) is 17.9 Å². The molecule has 4 nitrogen and oxygen atoms in total. The summed E-state index contributed by atoms with van der Waals surface area (Å²) >= 11 is 0. The van der Waals surface area contributed by atoms with Crippen molar-refractivity contribution in [3.05, 3.63) is 114 Å². The van der Waals surface area contributed by atoms with Crippen LogP contribution >= 0.6 is 0 Å². The number of hydrogen-bond acceptors (Lipinski definition) is 3. The van der Waals surface area contributed by atoms with Gasteiger partial charge in [0, 0.05) is 5.56 Å². The fourth-order valence-corrected chi connectivity index (χ4v) is 3.12. The van der Waals surface area contributed by atoms with Gasteiger partial charge in [-0.15, -0.1) is 0 Å². The van der Waals surface area contributed by atoms with Crippen molar-refractivity contribution in [1.29, 1.82) is 0 Å². The van der Waals surface area contributed by atoms with Crippen LogP contribution in [-0.4, -0.2) is 11.6 Å². The molecule has 4 aromatic carbocycles. The standard InChI is InChI=1S/C26H22N2O2/c1-19(23-12-11-21-9-5-6-10-24(21)17-23)27-28-26(29)22-13-15-25(16-14-22)30-18-20-7-3-2-4-8-20/h2-17H,18H2,1H3,(H,28,29). The number of rotatable bonds is 6. The van der Waals surface area contributed by atoms with Gasteiger partial charge in [-0.3, -0.25) is 4.79 Å². The molecule has 0 fully saturated rings. The summed E-state index contributed by atoms with van der Waals surface area (Å²) in [5.41, 5.74) is 5.97. The minimum Gasteiger partial charge on any atom is -0.489 e. The smallest absolute Gasteiger partial charge is 0.271 e. The van der Waals surface area contributed by atoms with Gasteiger partial charge in [0.05, 0.1) is 5.71 Å². The first-order chi connectivity index (χ1) is 14.7. The fraction of sp³-hybridized carbons (Fsp3) is 0.0769. The van der Waals surface area contributed by atoms with Crippen LogP contribution in [0.25, 0.3) is 10.8 Å². The van der Waals surface area contributed by atoms with Gasteiger partial charge in [-0.1, -0.05) is 66.7 Å². The van der Waals surface area contributed by atoms with Crippen LogP contribution in [0.2, 0.25) is 0 Å². The Labute approximate surface area is 175 Å². The molecule has 0 aliphatic carbocycles. The second kappa shape index (κ2) is 9.05. The second-order valence-electron chi connectivity index (χ2n) is 7.00. The Balaban J connectivity index is 1.37. The predicted molar refractivity (Wildman–Crippen MR) is 121 cm³/mol. The van der Waals surface area contributed by atoms with Crippen molar-refractivity contribution in [1.82, 2.24) is 5.43 Å². The summed E-state index contributed by atoms with van der Waals surface area (Å²) in [5.74, 6) is 0.455. The van der Waals surface area contributed by atoms with Gasteiger partial charge in [0.25, 0.3) is 5.91 Å². The molecule has 30 heavy (non-hydrogen) atoms. The lowest BCUT2D eigenvalue weighted by Crippen LogP contribution is -2.19. The van der Waals surface area contributed by atoms with Crippen molar-refractivity contribution < 1.29 is 9.53 Å². The van der Waals surface area contributed by atoms with E-state index in [9.17, 15) is 4.79 Å². The van der Waals surface area contributed by atoms with Gasteiger partial charge in [-0.25, -0.2) is 5.43 Å². The van der Waals surface area contributed by atoms with E-state index < -0.39 is 0 Å². The van der Waals surface area contributed by atoms with E-state index >= 15 is 0 Å². The average molecular weight is 394 g/mol. The third kappa shape index (κ3) is 4.73. The minimum absolute atomic E-state index is 0.259. The monoisotopic (exact) mass is 394 g/mol. The minimum atomic E-state index is -0.259. The molecule has 0 aliphatic rings. The lowest BCUT2D eigenvalue weighted by molar-refractivity contribution is 0.0955. The molecule has 4 aromatic rings. The summed E-state index contributed by atoms with van der Waals surface area (Å²) < 4.78 is 5.76. The first-order valence-electron chi connectivity index (χ1n) is 9.80. The van der Waals surface area contributed by atoms with E-state index in [-0.39, 0.29) is 5.91 Å².